The van der Waals surface area contributed by atoms with Crippen LogP contribution in [0.15, 0.2) is 36.5 Å². The Labute approximate surface area is 112 Å². The lowest BCUT2D eigenvalue weighted by Gasteiger charge is -2.12. The molecule has 1 aromatic carbocycles. The van der Waals surface area contributed by atoms with Gasteiger partial charge in [0.1, 0.15) is 11.4 Å². The Morgan fingerprint density at radius 3 is 2.68 bits per heavy atom. The standard InChI is InChI=1S/C14H18N4O/c1-10(11-6-4-3-5-7-11)8-16-14(19)12-9-17-18(2)13(12)15/h3-7,9-10H,8,15H2,1-2H3,(H,16,19). The fourth-order valence-electron chi connectivity index (χ4n) is 1.86. The Hall–Kier alpha value is -2.30. The molecular weight excluding hydrogens is 240 g/mol. The van der Waals surface area contributed by atoms with E-state index in [0.717, 1.165) is 0 Å². The van der Waals surface area contributed by atoms with Gasteiger partial charge in [0.2, 0.25) is 0 Å². The van der Waals surface area contributed by atoms with E-state index in [0.29, 0.717) is 17.9 Å². The summed E-state index contributed by atoms with van der Waals surface area (Å²) in [6.07, 6.45) is 1.48. The fraction of sp³-hybridized carbons (Fsp3) is 0.286. The molecular formula is C14H18N4O. The third-order valence-corrected chi connectivity index (χ3v) is 3.17. The van der Waals surface area contributed by atoms with Gasteiger partial charge in [-0.1, -0.05) is 37.3 Å². The lowest BCUT2D eigenvalue weighted by Crippen LogP contribution is -2.28. The van der Waals surface area contributed by atoms with Gasteiger partial charge in [0.25, 0.3) is 5.91 Å². The molecule has 2 aromatic rings. The summed E-state index contributed by atoms with van der Waals surface area (Å²) in [5.41, 5.74) is 7.38. The number of rotatable bonds is 4. The number of nitrogens with zero attached hydrogens (tertiary/aromatic N) is 2. The quantitative estimate of drug-likeness (QED) is 0.873. The number of nitrogens with one attached hydrogen (secondary N) is 1. The van der Waals surface area contributed by atoms with Crippen molar-refractivity contribution in [2.75, 3.05) is 12.3 Å². The van der Waals surface area contributed by atoms with E-state index in [1.807, 2.05) is 18.2 Å². The van der Waals surface area contributed by atoms with Gasteiger partial charge in [-0.3, -0.25) is 9.48 Å². The highest BCUT2D eigenvalue weighted by Crippen LogP contribution is 2.14. The molecule has 0 bridgehead atoms. The summed E-state index contributed by atoms with van der Waals surface area (Å²) in [5, 5.41) is 6.83. The number of aryl methyl sites for hydroxylation is 1. The summed E-state index contributed by atoms with van der Waals surface area (Å²) in [6, 6.07) is 10.1. The van der Waals surface area contributed by atoms with Crippen LogP contribution in [0, 0.1) is 0 Å². The summed E-state index contributed by atoms with van der Waals surface area (Å²) in [7, 11) is 1.71. The maximum atomic E-state index is 12.0. The summed E-state index contributed by atoms with van der Waals surface area (Å²) in [6.45, 7) is 2.64. The summed E-state index contributed by atoms with van der Waals surface area (Å²) in [5.74, 6) is 0.446. The van der Waals surface area contributed by atoms with Crippen molar-refractivity contribution >= 4 is 11.7 Å². The average molecular weight is 258 g/mol. The summed E-state index contributed by atoms with van der Waals surface area (Å²) >= 11 is 0. The lowest BCUT2D eigenvalue weighted by molar-refractivity contribution is 0.0952. The monoisotopic (exact) mass is 258 g/mol. The molecule has 1 amide bonds. The highest BCUT2D eigenvalue weighted by Gasteiger charge is 2.14. The molecule has 0 spiro atoms. The Kier molecular flexibility index (Phi) is 3.85. The molecule has 1 atom stereocenters. The van der Waals surface area contributed by atoms with Crippen molar-refractivity contribution in [3.63, 3.8) is 0 Å². The molecule has 0 aliphatic carbocycles. The van der Waals surface area contributed by atoms with Gasteiger partial charge in [0, 0.05) is 13.6 Å². The largest absolute Gasteiger partial charge is 0.383 e. The van der Waals surface area contributed by atoms with Crippen molar-refractivity contribution in [2.24, 2.45) is 7.05 Å². The second-order valence-electron chi connectivity index (χ2n) is 4.59. The van der Waals surface area contributed by atoms with Gasteiger partial charge in [0.15, 0.2) is 0 Å². The predicted molar refractivity (Wildman–Crippen MR) is 74.8 cm³/mol. The van der Waals surface area contributed by atoms with Crippen molar-refractivity contribution in [3.05, 3.63) is 47.7 Å². The molecule has 0 fully saturated rings. The maximum Gasteiger partial charge on any atom is 0.256 e. The molecule has 1 unspecified atom stereocenters. The number of carbonyl (C=O) groups excluding carboxylic acids is 1. The van der Waals surface area contributed by atoms with E-state index >= 15 is 0 Å². The second-order valence-corrected chi connectivity index (χ2v) is 4.59. The van der Waals surface area contributed by atoms with E-state index in [1.54, 1.807) is 7.05 Å². The highest BCUT2D eigenvalue weighted by atomic mass is 16.1. The molecule has 3 N–H and O–H groups in total. The van der Waals surface area contributed by atoms with Crippen molar-refractivity contribution in [1.82, 2.24) is 15.1 Å². The Morgan fingerprint density at radius 1 is 1.42 bits per heavy atom. The number of hydrogen-bond acceptors (Lipinski definition) is 3. The minimum atomic E-state index is -0.187. The molecule has 0 aliphatic rings. The molecule has 1 aromatic heterocycles. The number of nitrogen functional groups attached to an aromatic ring is 1. The van der Waals surface area contributed by atoms with Crippen LogP contribution in [0.1, 0.15) is 28.8 Å². The van der Waals surface area contributed by atoms with E-state index < -0.39 is 0 Å². The number of hydrogen-bond donors (Lipinski definition) is 2. The van der Waals surface area contributed by atoms with Crippen molar-refractivity contribution in [1.29, 1.82) is 0 Å². The fourth-order valence-corrected chi connectivity index (χ4v) is 1.86. The van der Waals surface area contributed by atoms with Crippen LogP contribution in [-0.4, -0.2) is 22.2 Å². The van der Waals surface area contributed by atoms with Crippen LogP contribution >= 0.6 is 0 Å². The van der Waals surface area contributed by atoms with Crippen LogP contribution < -0.4 is 11.1 Å². The van der Waals surface area contributed by atoms with E-state index in [2.05, 4.69) is 29.5 Å². The molecule has 2 rings (SSSR count). The molecule has 0 radical (unpaired) electrons. The van der Waals surface area contributed by atoms with E-state index in [-0.39, 0.29) is 11.8 Å². The minimum Gasteiger partial charge on any atom is -0.383 e. The molecule has 1 heterocycles. The highest BCUT2D eigenvalue weighted by molar-refractivity contribution is 5.98. The molecule has 5 heteroatoms. The van der Waals surface area contributed by atoms with Crippen LogP contribution in [-0.2, 0) is 7.05 Å². The van der Waals surface area contributed by atoms with Crippen LogP contribution in [0.25, 0.3) is 0 Å². The number of aromatic nitrogens is 2. The zero-order valence-corrected chi connectivity index (χ0v) is 11.1. The van der Waals surface area contributed by atoms with Gasteiger partial charge < -0.3 is 11.1 Å². The summed E-state index contributed by atoms with van der Waals surface area (Å²) < 4.78 is 1.48. The number of nitrogens with two attached hydrogens (primary N) is 1. The van der Waals surface area contributed by atoms with Crippen LogP contribution in [0.3, 0.4) is 0 Å². The molecule has 0 saturated heterocycles. The first-order valence-corrected chi connectivity index (χ1v) is 6.20. The third-order valence-electron chi connectivity index (χ3n) is 3.17. The zero-order valence-electron chi connectivity index (χ0n) is 11.1. The topological polar surface area (TPSA) is 72.9 Å². The third kappa shape index (κ3) is 2.93. The first-order valence-electron chi connectivity index (χ1n) is 6.20. The molecule has 19 heavy (non-hydrogen) atoms. The second kappa shape index (κ2) is 5.56. The summed E-state index contributed by atoms with van der Waals surface area (Å²) in [4.78, 5) is 12.0. The minimum absolute atomic E-state index is 0.187. The van der Waals surface area contributed by atoms with Crippen LogP contribution in [0.4, 0.5) is 5.82 Å². The van der Waals surface area contributed by atoms with Crippen LogP contribution in [0.2, 0.25) is 0 Å². The Bertz CT molecular complexity index is 562. The number of anilines is 1. The Morgan fingerprint density at radius 2 is 2.11 bits per heavy atom. The van der Waals surface area contributed by atoms with Crippen molar-refractivity contribution in [2.45, 2.75) is 12.8 Å². The first-order chi connectivity index (χ1) is 9.09. The number of carbonyl (C=O) groups is 1. The van der Waals surface area contributed by atoms with Gasteiger partial charge in [-0.05, 0) is 11.5 Å². The van der Waals surface area contributed by atoms with Gasteiger partial charge in [-0.2, -0.15) is 5.10 Å². The Balaban J connectivity index is 1.96. The number of amides is 1. The van der Waals surface area contributed by atoms with Gasteiger partial charge in [-0.15, -0.1) is 0 Å². The lowest BCUT2D eigenvalue weighted by atomic mass is 10.0. The number of benzene rings is 1. The first kappa shape index (κ1) is 13.1. The molecule has 0 aliphatic heterocycles. The predicted octanol–water partition coefficient (Wildman–Crippen LogP) is 1.54. The van der Waals surface area contributed by atoms with Crippen molar-refractivity contribution in [3.8, 4) is 0 Å². The van der Waals surface area contributed by atoms with Gasteiger partial charge in [-0.25, -0.2) is 0 Å². The zero-order chi connectivity index (χ0) is 13.8. The smallest absolute Gasteiger partial charge is 0.256 e. The van der Waals surface area contributed by atoms with E-state index in [9.17, 15) is 4.79 Å². The normalized spacial score (nSPS) is 12.1. The van der Waals surface area contributed by atoms with Crippen molar-refractivity contribution < 1.29 is 4.79 Å². The molecule has 0 saturated carbocycles. The van der Waals surface area contributed by atoms with E-state index in [1.165, 1.54) is 16.4 Å². The SMILES string of the molecule is CC(CNC(=O)c1cnn(C)c1N)c1ccccc1. The van der Waals surface area contributed by atoms with Gasteiger partial charge in [0.05, 0.1) is 6.20 Å². The van der Waals surface area contributed by atoms with E-state index in [4.69, 9.17) is 5.73 Å². The maximum absolute atomic E-state index is 12.0. The van der Waals surface area contributed by atoms with Gasteiger partial charge >= 0.3 is 0 Å². The molecule has 100 valence electrons. The van der Waals surface area contributed by atoms with Crippen LogP contribution in [0.5, 0.6) is 0 Å². The average Bonchev–Trinajstić information content (AvgIpc) is 2.77. The molecule has 5 nitrogen and oxygen atoms in total.